The van der Waals surface area contributed by atoms with Crippen molar-refractivity contribution in [3.63, 3.8) is 0 Å². The number of ether oxygens (including phenoxy) is 1. The summed E-state index contributed by atoms with van der Waals surface area (Å²) in [4.78, 5) is 54.0. The van der Waals surface area contributed by atoms with E-state index in [1.807, 2.05) is 34.6 Å². The summed E-state index contributed by atoms with van der Waals surface area (Å²) < 4.78 is 58.6. The van der Waals surface area contributed by atoms with Crippen molar-refractivity contribution in [2.75, 3.05) is 37.7 Å². The van der Waals surface area contributed by atoms with Crippen LogP contribution in [-0.4, -0.2) is 94.3 Å². The van der Waals surface area contributed by atoms with Gasteiger partial charge in [0.05, 0.1) is 17.8 Å². The van der Waals surface area contributed by atoms with Gasteiger partial charge in [-0.2, -0.15) is 13.2 Å². The first-order chi connectivity index (χ1) is 22.2. The molecule has 2 heterocycles. The zero-order valence-electron chi connectivity index (χ0n) is 26.9. The summed E-state index contributed by atoms with van der Waals surface area (Å²) >= 11 is 0. The minimum atomic E-state index is -4.91. The second kappa shape index (κ2) is 20.2. The van der Waals surface area contributed by atoms with Crippen LogP contribution in [0.4, 0.5) is 13.2 Å². The molecule has 19 heteroatoms. The van der Waals surface area contributed by atoms with E-state index < -0.39 is 50.1 Å². The minimum absolute atomic E-state index is 0.0575. The molecule has 1 aromatic heterocycles. The number of hydrogen-bond acceptors (Lipinski definition) is 10. The Labute approximate surface area is 280 Å². The van der Waals surface area contributed by atoms with Gasteiger partial charge >= 0.3 is 17.8 Å². The molecule has 1 saturated heterocycles. The van der Waals surface area contributed by atoms with Crippen molar-refractivity contribution >= 4 is 48.0 Å². The first-order valence-corrected chi connectivity index (χ1v) is 18.6. The summed E-state index contributed by atoms with van der Waals surface area (Å²) in [7, 11) is 1.01. The van der Waals surface area contributed by atoms with Gasteiger partial charge < -0.3 is 29.3 Å². The minimum Gasteiger partial charge on any atom is -0.352 e. The number of amides is 2. The number of aromatic amines is 1. The van der Waals surface area contributed by atoms with Gasteiger partial charge in [0.1, 0.15) is 12.8 Å². The second-order valence-corrected chi connectivity index (χ2v) is 14.8. The smallest absolute Gasteiger partial charge is 0.352 e. The fraction of sp³-hybridized carbons (Fsp3) is 0.679. The highest BCUT2D eigenvalue weighted by Crippen LogP contribution is 2.50. The van der Waals surface area contributed by atoms with E-state index in [-0.39, 0.29) is 55.7 Å². The lowest BCUT2D eigenvalue weighted by molar-refractivity contribution is -0.173. The van der Waals surface area contributed by atoms with Gasteiger partial charge in [-0.3, -0.25) is 23.9 Å². The Morgan fingerprint density at radius 2 is 1.85 bits per heavy atom. The molecule has 47 heavy (non-hydrogen) atoms. The Morgan fingerprint density at radius 3 is 2.43 bits per heavy atom. The van der Waals surface area contributed by atoms with Crippen LogP contribution >= 0.6 is 30.1 Å². The van der Waals surface area contributed by atoms with Gasteiger partial charge in [-0.25, -0.2) is 16.0 Å². The van der Waals surface area contributed by atoms with E-state index in [0.717, 1.165) is 6.08 Å². The molecular weight excluding hydrogens is 684 g/mol. The zero-order chi connectivity index (χ0) is 35.1. The number of rotatable bonds is 19. The van der Waals surface area contributed by atoms with Crippen LogP contribution in [0.5, 0.6) is 0 Å². The third kappa shape index (κ3) is 13.6. The Kier molecular flexibility index (Phi) is 17.5. The molecule has 1 aliphatic heterocycles. The maximum atomic E-state index is 12.8. The van der Waals surface area contributed by atoms with Crippen molar-refractivity contribution in [3.05, 3.63) is 50.1 Å². The molecule has 13 nitrogen and oxygen atoms in total. The lowest BCUT2D eigenvalue weighted by atomic mass is 10.1. The fourth-order valence-electron chi connectivity index (χ4n) is 4.45. The number of carbonyl (C=O) groups excluding carboxylic acids is 2. The second-order valence-electron chi connectivity index (χ2n) is 10.7. The zero-order valence-corrected chi connectivity index (χ0v) is 29.4. The third-order valence-electron chi connectivity index (χ3n) is 6.48. The first kappa shape index (κ1) is 40.8. The Morgan fingerprint density at radius 1 is 1.21 bits per heavy atom. The number of halogens is 3. The predicted molar refractivity (Wildman–Crippen MR) is 177 cm³/mol. The van der Waals surface area contributed by atoms with Crippen molar-refractivity contribution in [3.8, 4) is 0 Å². The summed E-state index contributed by atoms with van der Waals surface area (Å²) in [5, 5.41) is 4.41. The topological polar surface area (TPSA) is 148 Å². The highest BCUT2D eigenvalue weighted by Gasteiger charge is 2.41. The van der Waals surface area contributed by atoms with E-state index in [9.17, 15) is 32.3 Å². The number of nitrogens with zero attached hydrogens (tertiary/aromatic N) is 3. The molecule has 264 valence electrons. The summed E-state index contributed by atoms with van der Waals surface area (Å²) in [6, 6.07) is 0.210. The lowest BCUT2D eigenvalue weighted by Crippen LogP contribution is -2.37. The summed E-state index contributed by atoms with van der Waals surface area (Å²) in [6.07, 6.45) is -1.81. The molecule has 1 aliphatic rings. The van der Waals surface area contributed by atoms with Crippen LogP contribution in [0.15, 0.2) is 21.9 Å². The SMILES string of the molecule is [C-]#[N+]CCOP(O[C@H]1C[C@H](n2cc(/C=C/C(=O)NCCSSCCNC(=O)C(F)(F)F)c(=O)[nH]c2=O)O[C@@H]1CC)N(C(C)C)C(C)C. The highest BCUT2D eigenvalue weighted by atomic mass is 33.1. The largest absolute Gasteiger partial charge is 0.471 e. The van der Waals surface area contributed by atoms with Crippen molar-refractivity contribution in [1.29, 1.82) is 0 Å². The summed E-state index contributed by atoms with van der Waals surface area (Å²) in [6.45, 7) is 17.7. The molecule has 1 fully saturated rings. The van der Waals surface area contributed by atoms with Crippen LogP contribution in [-0.2, 0) is 23.4 Å². The number of H-pyrrole nitrogens is 1. The fourth-order valence-corrected chi connectivity index (χ4v) is 8.01. The molecule has 4 atom stereocenters. The Balaban J connectivity index is 2.00. The normalized spacial score (nSPS) is 19.1. The molecule has 1 unspecified atom stereocenters. The van der Waals surface area contributed by atoms with Crippen LogP contribution in [0.25, 0.3) is 10.9 Å². The van der Waals surface area contributed by atoms with E-state index in [2.05, 4.69) is 19.8 Å². The van der Waals surface area contributed by atoms with Gasteiger partial charge in [0, 0.05) is 55.4 Å². The molecule has 0 radical (unpaired) electrons. The van der Waals surface area contributed by atoms with Crippen LogP contribution in [0, 0.1) is 6.57 Å². The number of aromatic nitrogens is 2. The van der Waals surface area contributed by atoms with E-state index in [0.29, 0.717) is 18.6 Å². The molecule has 2 rings (SSSR count). The third-order valence-corrected chi connectivity index (χ3v) is 11.0. The summed E-state index contributed by atoms with van der Waals surface area (Å²) in [5.41, 5.74) is -1.30. The Hall–Kier alpha value is -2.39. The number of alkyl halides is 3. The van der Waals surface area contributed by atoms with Crippen LogP contribution in [0.2, 0.25) is 0 Å². The van der Waals surface area contributed by atoms with Gasteiger partial charge in [0.2, 0.25) is 12.5 Å². The average molecular weight is 727 g/mol. The molecule has 0 bridgehead atoms. The Bertz CT molecular complexity index is 1350. The molecule has 1 aromatic rings. The van der Waals surface area contributed by atoms with E-state index >= 15 is 0 Å². The predicted octanol–water partition coefficient (Wildman–Crippen LogP) is 4.09. The van der Waals surface area contributed by atoms with Gasteiger partial charge in [-0.15, -0.1) is 0 Å². The van der Waals surface area contributed by atoms with Crippen molar-refractivity contribution in [1.82, 2.24) is 24.9 Å². The van der Waals surface area contributed by atoms with Gasteiger partial charge in [-0.1, -0.05) is 28.5 Å². The maximum Gasteiger partial charge on any atom is 0.471 e. The molecule has 0 saturated carbocycles. The molecule has 3 N–H and O–H groups in total. The van der Waals surface area contributed by atoms with Crippen molar-refractivity contribution in [2.45, 2.75) is 84.2 Å². The molecule has 2 amide bonds. The van der Waals surface area contributed by atoms with Crippen molar-refractivity contribution in [2.24, 2.45) is 0 Å². The van der Waals surface area contributed by atoms with Gasteiger partial charge in [-0.05, 0) is 40.2 Å². The molecule has 0 aliphatic carbocycles. The van der Waals surface area contributed by atoms with Crippen LogP contribution in [0.3, 0.4) is 0 Å². The van der Waals surface area contributed by atoms with Gasteiger partial charge in [0.15, 0.2) is 0 Å². The monoisotopic (exact) mass is 726 g/mol. The maximum absolute atomic E-state index is 12.8. The number of hydrogen-bond donors (Lipinski definition) is 3. The quantitative estimate of drug-likeness (QED) is 0.0626. The van der Waals surface area contributed by atoms with Crippen molar-refractivity contribution < 1.29 is 36.5 Å². The molecule has 0 aromatic carbocycles. The molecule has 0 spiro atoms. The average Bonchev–Trinajstić information content (AvgIpc) is 3.39. The number of carbonyl (C=O) groups is 2. The first-order valence-electron chi connectivity index (χ1n) is 15.0. The summed E-state index contributed by atoms with van der Waals surface area (Å²) in [5.74, 6) is -1.78. The number of nitrogens with one attached hydrogen (secondary N) is 3. The van der Waals surface area contributed by atoms with Gasteiger partial charge in [0.25, 0.3) is 14.1 Å². The lowest BCUT2D eigenvalue weighted by Gasteiger charge is -2.37. The van der Waals surface area contributed by atoms with Crippen LogP contribution < -0.4 is 21.9 Å². The van der Waals surface area contributed by atoms with E-state index in [1.165, 1.54) is 38.4 Å². The van der Waals surface area contributed by atoms with E-state index in [4.69, 9.17) is 20.4 Å². The molecular formula is C28H42F3N6O7PS2. The highest BCUT2D eigenvalue weighted by molar-refractivity contribution is 8.76. The van der Waals surface area contributed by atoms with Crippen LogP contribution in [0.1, 0.15) is 59.3 Å². The standard InChI is InChI=1S/C28H42F3N6O7PS2/c1-7-21-22(44-45(42-13-10-32-6)37(18(2)3)19(4)5)16-24(43-21)36-17-20(25(39)35-27(36)41)8-9-23(38)33-11-14-46-47-15-12-34-26(40)28(29,30)31/h8-9,17-19,21-22,24H,7,10-16H2,1-5H3,(H,33,38)(H,34,40)(H,35,39,41)/b9-8+/t21-,22+,24-,45?/m1/s1. The van der Waals surface area contributed by atoms with E-state index in [1.54, 1.807) is 5.32 Å².